The Labute approximate surface area is 101 Å². The molecule has 72 valence electrons. The highest BCUT2D eigenvalue weighted by molar-refractivity contribution is 14.1. The van der Waals surface area contributed by atoms with Crippen molar-refractivity contribution in [2.24, 2.45) is 0 Å². The van der Waals surface area contributed by atoms with Crippen LogP contribution >= 0.6 is 38.5 Å². The van der Waals surface area contributed by atoms with Crippen LogP contribution in [0.15, 0.2) is 27.1 Å². The van der Waals surface area contributed by atoms with E-state index in [9.17, 15) is 4.39 Å². The fraction of sp³-hybridized carbons (Fsp3) is 0. The molecule has 0 aliphatic rings. The van der Waals surface area contributed by atoms with Crippen molar-refractivity contribution >= 4 is 38.5 Å². The molecule has 0 atom stereocenters. The first-order valence-corrected chi connectivity index (χ1v) is 5.48. The number of hydrogen-bond donors (Lipinski definition) is 0. The van der Waals surface area contributed by atoms with Crippen LogP contribution in [0, 0.1) is 9.71 Å². The molecule has 0 N–H and O–H groups in total. The lowest BCUT2D eigenvalue weighted by Crippen LogP contribution is -1.84. The van der Waals surface area contributed by atoms with Gasteiger partial charge < -0.3 is 4.42 Å². The van der Waals surface area contributed by atoms with Gasteiger partial charge in [-0.15, -0.1) is 10.2 Å². The van der Waals surface area contributed by atoms with Crippen molar-refractivity contribution < 1.29 is 8.81 Å². The average molecular weight is 369 g/mol. The molecule has 0 unspecified atom stereocenters. The van der Waals surface area contributed by atoms with E-state index in [1.165, 1.54) is 6.07 Å². The molecule has 14 heavy (non-hydrogen) atoms. The first kappa shape index (κ1) is 10.0. The second kappa shape index (κ2) is 3.93. The van der Waals surface area contributed by atoms with Gasteiger partial charge in [0.25, 0.3) is 9.79 Å². The van der Waals surface area contributed by atoms with E-state index in [2.05, 4.69) is 26.1 Å². The lowest BCUT2D eigenvalue weighted by Gasteiger charge is -1.97. The summed E-state index contributed by atoms with van der Waals surface area (Å²) in [5, 5.41) is 7.35. The van der Waals surface area contributed by atoms with Crippen LogP contribution in [-0.4, -0.2) is 10.2 Å². The van der Waals surface area contributed by atoms with Crippen molar-refractivity contribution in [3.63, 3.8) is 0 Å². The van der Waals surface area contributed by atoms with Crippen LogP contribution < -0.4 is 0 Å². The predicted octanol–water partition coefficient (Wildman–Crippen LogP) is 3.24. The maximum absolute atomic E-state index is 13.4. The highest BCUT2D eigenvalue weighted by Crippen LogP contribution is 2.24. The van der Waals surface area contributed by atoms with Crippen molar-refractivity contribution in [1.82, 2.24) is 10.2 Å². The lowest BCUT2D eigenvalue weighted by molar-refractivity contribution is 0.530. The highest BCUT2D eigenvalue weighted by Gasteiger charge is 2.11. The molecule has 1 aromatic heterocycles. The maximum atomic E-state index is 13.4. The first-order chi connectivity index (χ1) is 6.66. The third-order valence-corrected chi connectivity index (χ3v) is 2.49. The summed E-state index contributed by atoms with van der Waals surface area (Å²) in [6, 6.07) is 4.66. The first-order valence-electron chi connectivity index (χ1n) is 3.61. The van der Waals surface area contributed by atoms with Crippen molar-refractivity contribution in [3.8, 4) is 11.5 Å². The van der Waals surface area contributed by atoms with E-state index >= 15 is 0 Å². The summed E-state index contributed by atoms with van der Waals surface area (Å²) >= 11 is 5.04. The Morgan fingerprint density at radius 3 is 2.71 bits per heavy atom. The average Bonchev–Trinajstić information content (AvgIpc) is 2.51. The van der Waals surface area contributed by atoms with Gasteiger partial charge in [0.2, 0.25) is 0 Å². The number of aromatic nitrogens is 2. The monoisotopic (exact) mass is 368 g/mol. The third kappa shape index (κ3) is 1.95. The standard InChI is InChI=1S/C8H3BrFIN2O/c9-4-1-2-5(6(10)3-4)7-12-13-8(11)14-7/h1-3H. The maximum Gasteiger partial charge on any atom is 0.278 e. The summed E-state index contributed by atoms with van der Waals surface area (Å²) in [7, 11) is 0. The second-order valence-corrected chi connectivity index (χ2v) is 4.32. The van der Waals surface area contributed by atoms with Gasteiger partial charge in [0.15, 0.2) is 0 Å². The molecule has 0 saturated heterocycles. The van der Waals surface area contributed by atoms with E-state index in [0.29, 0.717) is 13.9 Å². The second-order valence-electron chi connectivity index (χ2n) is 2.48. The Morgan fingerprint density at radius 1 is 1.36 bits per heavy atom. The van der Waals surface area contributed by atoms with E-state index in [1.54, 1.807) is 12.1 Å². The zero-order chi connectivity index (χ0) is 10.1. The van der Waals surface area contributed by atoms with Gasteiger partial charge in [-0.05, 0) is 18.2 Å². The Hall–Kier alpha value is -0.500. The van der Waals surface area contributed by atoms with Crippen LogP contribution in [0.5, 0.6) is 0 Å². The molecular weight excluding hydrogens is 366 g/mol. The summed E-state index contributed by atoms with van der Waals surface area (Å²) in [6.07, 6.45) is 0. The van der Waals surface area contributed by atoms with Gasteiger partial charge in [-0.3, -0.25) is 0 Å². The smallest absolute Gasteiger partial charge is 0.278 e. The van der Waals surface area contributed by atoms with Crippen LogP contribution in [0.25, 0.3) is 11.5 Å². The van der Waals surface area contributed by atoms with E-state index < -0.39 is 0 Å². The van der Waals surface area contributed by atoms with Gasteiger partial charge in [0.1, 0.15) is 5.82 Å². The molecule has 0 radical (unpaired) electrons. The van der Waals surface area contributed by atoms with Crippen LogP contribution in [-0.2, 0) is 0 Å². The molecule has 0 aliphatic heterocycles. The van der Waals surface area contributed by atoms with Gasteiger partial charge in [0.05, 0.1) is 5.56 Å². The molecule has 1 heterocycles. The van der Waals surface area contributed by atoms with Crippen LogP contribution in [0.1, 0.15) is 0 Å². The number of hydrogen-bond acceptors (Lipinski definition) is 3. The Bertz CT molecular complexity index is 474. The Balaban J connectivity index is 2.52. The molecule has 2 rings (SSSR count). The van der Waals surface area contributed by atoms with Gasteiger partial charge in [-0.25, -0.2) is 4.39 Å². The molecule has 1 aromatic carbocycles. The van der Waals surface area contributed by atoms with Gasteiger partial charge in [0, 0.05) is 27.1 Å². The summed E-state index contributed by atoms with van der Waals surface area (Å²) in [4.78, 5) is 0. The van der Waals surface area contributed by atoms with E-state index in [0.717, 1.165) is 0 Å². The third-order valence-electron chi connectivity index (χ3n) is 1.56. The van der Waals surface area contributed by atoms with Crippen molar-refractivity contribution in [2.45, 2.75) is 0 Å². The predicted molar refractivity (Wildman–Crippen MR) is 60.1 cm³/mol. The van der Waals surface area contributed by atoms with Crippen molar-refractivity contribution in [2.75, 3.05) is 0 Å². The molecule has 2 aromatic rings. The van der Waals surface area contributed by atoms with Gasteiger partial charge >= 0.3 is 0 Å². The Morgan fingerprint density at radius 2 is 2.14 bits per heavy atom. The summed E-state index contributed by atoms with van der Waals surface area (Å²) in [5.41, 5.74) is 0.309. The number of nitrogens with zero attached hydrogens (tertiary/aromatic N) is 2. The fourth-order valence-electron chi connectivity index (χ4n) is 0.977. The summed E-state index contributed by atoms with van der Waals surface area (Å²) < 4.78 is 19.5. The van der Waals surface area contributed by atoms with E-state index in [4.69, 9.17) is 4.42 Å². The molecule has 0 amide bonds. The highest BCUT2D eigenvalue weighted by atomic mass is 127. The molecule has 6 heteroatoms. The summed E-state index contributed by atoms with van der Waals surface area (Å²) in [5.74, 6) is -0.196. The van der Waals surface area contributed by atoms with Gasteiger partial charge in [-0.1, -0.05) is 15.9 Å². The minimum atomic E-state index is -0.389. The number of rotatable bonds is 1. The topological polar surface area (TPSA) is 38.9 Å². The van der Waals surface area contributed by atoms with Gasteiger partial charge in [-0.2, -0.15) is 0 Å². The van der Waals surface area contributed by atoms with Crippen LogP contribution in [0.2, 0.25) is 0 Å². The quantitative estimate of drug-likeness (QED) is 0.725. The van der Waals surface area contributed by atoms with E-state index in [1.807, 2.05) is 22.6 Å². The van der Waals surface area contributed by atoms with Crippen LogP contribution in [0.4, 0.5) is 4.39 Å². The van der Waals surface area contributed by atoms with Crippen LogP contribution in [0.3, 0.4) is 0 Å². The van der Waals surface area contributed by atoms with E-state index in [-0.39, 0.29) is 11.7 Å². The normalized spacial score (nSPS) is 10.5. The largest absolute Gasteiger partial charge is 0.412 e. The van der Waals surface area contributed by atoms with Crippen molar-refractivity contribution in [3.05, 3.63) is 32.4 Å². The van der Waals surface area contributed by atoms with Crippen molar-refractivity contribution in [1.29, 1.82) is 0 Å². The number of benzene rings is 1. The molecule has 0 aliphatic carbocycles. The lowest BCUT2D eigenvalue weighted by atomic mass is 10.2. The SMILES string of the molecule is Fc1cc(Br)ccc1-c1nnc(I)o1. The Kier molecular flexibility index (Phi) is 2.82. The molecule has 0 spiro atoms. The zero-order valence-electron chi connectivity index (χ0n) is 6.67. The minimum absolute atomic E-state index is 0.194. The molecular formula is C8H3BrFIN2O. The zero-order valence-corrected chi connectivity index (χ0v) is 10.4. The fourth-order valence-corrected chi connectivity index (χ4v) is 1.63. The minimum Gasteiger partial charge on any atom is -0.412 e. The molecule has 0 saturated carbocycles. The number of halogens is 3. The molecule has 3 nitrogen and oxygen atoms in total. The molecule has 0 bridgehead atoms. The summed E-state index contributed by atoms with van der Waals surface area (Å²) in [6.45, 7) is 0. The molecule has 0 fully saturated rings.